The van der Waals surface area contributed by atoms with Crippen molar-refractivity contribution in [3.8, 4) is 17.6 Å². The number of para-hydroxylation sites is 1. The molecule has 2 rings (SSSR count). The maximum Gasteiger partial charge on any atom is 0.126 e. The molecule has 0 aliphatic carbocycles. The minimum atomic E-state index is 0.597. The molecule has 0 fully saturated rings. The molecule has 0 saturated carbocycles. The number of nitrogens with zero attached hydrogens (tertiary/aromatic N) is 3. The van der Waals surface area contributed by atoms with Crippen molar-refractivity contribution in [1.82, 2.24) is 9.80 Å². The number of allylic oxidation sites excluding steroid dienone is 1. The first-order valence-corrected chi connectivity index (χ1v) is 11.7. The molecule has 0 heterocycles. The molecule has 0 aliphatic rings. The van der Waals surface area contributed by atoms with Gasteiger partial charge < -0.3 is 19.3 Å². The molecule has 0 atom stereocenters. The minimum Gasteiger partial charge on any atom is -0.492 e. The highest BCUT2D eigenvalue weighted by atomic mass is 16.5. The molecule has 0 aromatic heterocycles. The van der Waals surface area contributed by atoms with E-state index < -0.39 is 0 Å². The van der Waals surface area contributed by atoms with Crippen molar-refractivity contribution in [3.05, 3.63) is 59.7 Å². The molecule has 5 heteroatoms. The van der Waals surface area contributed by atoms with Gasteiger partial charge in [0.15, 0.2) is 0 Å². The zero-order chi connectivity index (χ0) is 23.2. The van der Waals surface area contributed by atoms with Crippen LogP contribution in [-0.2, 0) is 0 Å². The maximum atomic E-state index is 9.77. The van der Waals surface area contributed by atoms with E-state index in [-0.39, 0.29) is 0 Å². The number of hydrogen-bond donors (Lipinski definition) is 0. The molecular weight excluding hydrogens is 398 g/mol. The van der Waals surface area contributed by atoms with Crippen LogP contribution in [0.15, 0.2) is 48.5 Å². The average Bonchev–Trinajstić information content (AvgIpc) is 2.84. The summed E-state index contributed by atoms with van der Waals surface area (Å²) in [6.07, 6.45) is 1.89. The summed E-state index contributed by atoms with van der Waals surface area (Å²) < 4.78 is 11.9. The van der Waals surface area contributed by atoms with Crippen molar-refractivity contribution < 1.29 is 9.47 Å². The fourth-order valence-corrected chi connectivity index (χ4v) is 3.45. The highest BCUT2D eigenvalue weighted by molar-refractivity contribution is 5.90. The molecule has 172 valence electrons. The van der Waals surface area contributed by atoms with Crippen molar-refractivity contribution in [2.45, 2.75) is 27.7 Å². The summed E-state index contributed by atoms with van der Waals surface area (Å²) in [5, 5.41) is 9.77. The van der Waals surface area contributed by atoms with Gasteiger partial charge in [-0.1, -0.05) is 45.9 Å². The Bertz CT molecular complexity index is 863. The lowest BCUT2D eigenvalue weighted by Gasteiger charge is -2.18. The predicted molar refractivity (Wildman–Crippen MR) is 133 cm³/mol. The first kappa shape index (κ1) is 25.5. The Labute approximate surface area is 193 Å². The lowest BCUT2D eigenvalue weighted by atomic mass is 10.0. The minimum absolute atomic E-state index is 0.597. The summed E-state index contributed by atoms with van der Waals surface area (Å²) in [5.74, 6) is 1.61. The van der Waals surface area contributed by atoms with Gasteiger partial charge in [-0.2, -0.15) is 5.26 Å². The number of likely N-dealkylation sites (N-methyl/N-ethyl adjacent to an activating group) is 2. The van der Waals surface area contributed by atoms with Gasteiger partial charge in [-0.25, -0.2) is 0 Å². The molecule has 0 bridgehead atoms. The second-order valence-electron chi connectivity index (χ2n) is 7.48. The molecule has 0 unspecified atom stereocenters. The Kier molecular flexibility index (Phi) is 11.4. The molecular formula is C27H37N3O2. The van der Waals surface area contributed by atoms with Crippen LogP contribution in [0, 0.1) is 11.3 Å². The standard InChI is InChI=1S/C27H37N3O2/c1-5-29(6-2)17-19-31-26-15-13-23(14-16-26)25(22-28)21-24-11-9-10-12-27(24)32-20-18-30(7-3)8-4/h9-16,21H,5-8,17-20H2,1-4H3/b25-21-. The normalized spacial score (nSPS) is 11.6. The van der Waals surface area contributed by atoms with Crippen LogP contribution in [-0.4, -0.2) is 62.3 Å². The second kappa shape index (κ2) is 14.3. The van der Waals surface area contributed by atoms with Crippen molar-refractivity contribution in [1.29, 1.82) is 5.26 Å². The number of nitriles is 1. The van der Waals surface area contributed by atoms with E-state index in [0.29, 0.717) is 18.8 Å². The largest absolute Gasteiger partial charge is 0.492 e. The Morgan fingerprint density at radius 2 is 1.38 bits per heavy atom. The van der Waals surface area contributed by atoms with Crippen molar-refractivity contribution in [2.75, 3.05) is 52.5 Å². The molecule has 5 nitrogen and oxygen atoms in total. The summed E-state index contributed by atoms with van der Waals surface area (Å²) in [6.45, 7) is 15.7. The van der Waals surface area contributed by atoms with E-state index in [4.69, 9.17) is 9.47 Å². The van der Waals surface area contributed by atoms with Gasteiger partial charge in [0.25, 0.3) is 0 Å². The second-order valence-corrected chi connectivity index (χ2v) is 7.48. The Hall–Kier alpha value is -2.81. The number of hydrogen-bond acceptors (Lipinski definition) is 5. The third kappa shape index (κ3) is 8.03. The van der Waals surface area contributed by atoms with Gasteiger partial charge in [-0.15, -0.1) is 0 Å². The van der Waals surface area contributed by atoms with Gasteiger partial charge in [-0.05, 0) is 68.2 Å². The maximum absolute atomic E-state index is 9.77. The smallest absolute Gasteiger partial charge is 0.126 e. The van der Waals surface area contributed by atoms with Crippen LogP contribution in [0.25, 0.3) is 11.6 Å². The highest BCUT2D eigenvalue weighted by Gasteiger charge is 2.07. The van der Waals surface area contributed by atoms with Gasteiger partial charge in [0, 0.05) is 18.7 Å². The zero-order valence-corrected chi connectivity index (χ0v) is 20.0. The van der Waals surface area contributed by atoms with Crippen molar-refractivity contribution >= 4 is 11.6 Å². The first-order valence-electron chi connectivity index (χ1n) is 11.7. The molecule has 0 amide bonds. The van der Waals surface area contributed by atoms with Crippen molar-refractivity contribution in [3.63, 3.8) is 0 Å². The van der Waals surface area contributed by atoms with Gasteiger partial charge >= 0.3 is 0 Å². The zero-order valence-electron chi connectivity index (χ0n) is 20.0. The van der Waals surface area contributed by atoms with Crippen LogP contribution in [0.3, 0.4) is 0 Å². The molecule has 2 aromatic rings. The highest BCUT2D eigenvalue weighted by Crippen LogP contribution is 2.25. The van der Waals surface area contributed by atoms with E-state index >= 15 is 0 Å². The van der Waals surface area contributed by atoms with Gasteiger partial charge in [0.1, 0.15) is 24.7 Å². The van der Waals surface area contributed by atoms with E-state index in [1.54, 1.807) is 0 Å². The van der Waals surface area contributed by atoms with Gasteiger partial charge in [0.2, 0.25) is 0 Å². The van der Waals surface area contributed by atoms with Crippen LogP contribution in [0.4, 0.5) is 0 Å². The summed E-state index contributed by atoms with van der Waals surface area (Å²) in [4.78, 5) is 4.65. The van der Waals surface area contributed by atoms with Crippen molar-refractivity contribution in [2.24, 2.45) is 0 Å². The third-order valence-corrected chi connectivity index (χ3v) is 5.63. The SMILES string of the molecule is CCN(CC)CCOc1ccc(/C(C#N)=C\c2ccccc2OCCN(CC)CC)cc1. The quantitative estimate of drug-likeness (QED) is 0.302. The van der Waals surface area contributed by atoms with E-state index in [1.165, 1.54) is 0 Å². The summed E-state index contributed by atoms with van der Waals surface area (Å²) in [5.41, 5.74) is 2.36. The fourth-order valence-electron chi connectivity index (χ4n) is 3.45. The molecule has 2 aromatic carbocycles. The van der Waals surface area contributed by atoms with Crippen LogP contribution >= 0.6 is 0 Å². The summed E-state index contributed by atoms with van der Waals surface area (Å²) in [7, 11) is 0. The monoisotopic (exact) mass is 435 g/mol. The van der Waals surface area contributed by atoms with Gasteiger partial charge in [0.05, 0.1) is 11.6 Å². The van der Waals surface area contributed by atoms with E-state index in [1.807, 2.05) is 54.6 Å². The first-order chi connectivity index (χ1) is 15.6. The molecule has 0 radical (unpaired) electrons. The number of benzene rings is 2. The third-order valence-electron chi connectivity index (χ3n) is 5.63. The molecule has 0 aliphatic heterocycles. The van der Waals surface area contributed by atoms with Crippen LogP contribution in [0.1, 0.15) is 38.8 Å². The fraction of sp³-hybridized carbons (Fsp3) is 0.444. The average molecular weight is 436 g/mol. The Balaban J connectivity index is 2.05. The van der Waals surface area contributed by atoms with Crippen LogP contribution in [0.5, 0.6) is 11.5 Å². The summed E-state index contributed by atoms with van der Waals surface area (Å²) in [6, 6.07) is 17.9. The predicted octanol–water partition coefficient (Wildman–Crippen LogP) is 5.19. The Morgan fingerprint density at radius 3 is 1.94 bits per heavy atom. The molecule has 0 N–H and O–H groups in total. The van der Waals surface area contributed by atoms with Crippen LogP contribution in [0.2, 0.25) is 0 Å². The molecule has 32 heavy (non-hydrogen) atoms. The lowest BCUT2D eigenvalue weighted by Crippen LogP contribution is -2.27. The number of ether oxygens (including phenoxy) is 2. The molecule has 0 saturated heterocycles. The Morgan fingerprint density at radius 1 is 0.812 bits per heavy atom. The van der Waals surface area contributed by atoms with E-state index in [2.05, 4.69) is 43.6 Å². The lowest BCUT2D eigenvalue weighted by molar-refractivity contribution is 0.222. The topological polar surface area (TPSA) is 48.7 Å². The van der Waals surface area contributed by atoms with Gasteiger partial charge in [-0.3, -0.25) is 0 Å². The number of rotatable bonds is 14. The van der Waals surface area contributed by atoms with E-state index in [0.717, 1.165) is 61.9 Å². The van der Waals surface area contributed by atoms with E-state index in [9.17, 15) is 5.26 Å². The summed E-state index contributed by atoms with van der Waals surface area (Å²) >= 11 is 0. The van der Waals surface area contributed by atoms with Crippen LogP contribution < -0.4 is 9.47 Å². The molecule has 0 spiro atoms.